The zero-order valence-corrected chi connectivity index (χ0v) is 11.8. The number of benzene rings is 1. The molecule has 0 spiro atoms. The average Bonchev–Trinajstić information content (AvgIpc) is 2.73. The minimum atomic E-state index is -0.00258. The Balaban J connectivity index is 2.39. The first-order chi connectivity index (χ1) is 9.17. The first kappa shape index (κ1) is 13.6. The van der Waals surface area contributed by atoms with Gasteiger partial charge in [0.15, 0.2) is 4.77 Å². The number of aromatic amines is 1. The normalized spacial score (nSPS) is 10.6. The zero-order chi connectivity index (χ0) is 13.8. The first-order valence-corrected chi connectivity index (χ1v) is 6.63. The van der Waals surface area contributed by atoms with Gasteiger partial charge in [-0.3, -0.25) is 4.79 Å². The molecule has 0 bridgehead atoms. The number of nitrogens with zero attached hydrogens (tertiary/aromatic N) is 1. The number of hydrogen-bond donors (Lipinski definition) is 2. The van der Waals surface area contributed by atoms with Crippen LogP contribution >= 0.6 is 12.2 Å². The molecule has 0 aliphatic carbocycles. The van der Waals surface area contributed by atoms with Gasteiger partial charge in [0.2, 0.25) is 5.91 Å². The van der Waals surface area contributed by atoms with E-state index in [1.54, 1.807) is 7.05 Å². The van der Waals surface area contributed by atoms with E-state index >= 15 is 0 Å². The number of hydrogen-bond acceptors (Lipinski definition) is 3. The van der Waals surface area contributed by atoms with Crippen molar-refractivity contribution in [3.05, 3.63) is 23.0 Å². The number of rotatable bonds is 5. The molecule has 0 saturated carbocycles. The number of ether oxygens (including phenoxy) is 1. The average molecular weight is 279 g/mol. The summed E-state index contributed by atoms with van der Waals surface area (Å²) in [4.78, 5) is 14.5. The minimum Gasteiger partial charge on any atom is -0.492 e. The van der Waals surface area contributed by atoms with Crippen LogP contribution in [-0.4, -0.2) is 29.1 Å². The highest BCUT2D eigenvalue weighted by atomic mass is 32.1. The summed E-state index contributed by atoms with van der Waals surface area (Å²) < 4.78 is 8.09. The van der Waals surface area contributed by atoms with Gasteiger partial charge in [-0.15, -0.1) is 0 Å². The van der Waals surface area contributed by atoms with Crippen LogP contribution in [0.25, 0.3) is 11.0 Å². The highest BCUT2D eigenvalue weighted by Crippen LogP contribution is 2.25. The van der Waals surface area contributed by atoms with Gasteiger partial charge in [-0.05, 0) is 31.3 Å². The molecule has 1 amide bonds. The van der Waals surface area contributed by atoms with Gasteiger partial charge in [0.1, 0.15) is 11.3 Å². The second kappa shape index (κ2) is 5.88. The molecule has 5 nitrogen and oxygen atoms in total. The van der Waals surface area contributed by atoms with E-state index in [9.17, 15) is 4.79 Å². The highest BCUT2D eigenvalue weighted by Gasteiger charge is 2.09. The number of fused-ring (bicyclic) bond motifs is 1. The molecule has 0 fully saturated rings. The first-order valence-electron chi connectivity index (χ1n) is 6.22. The van der Waals surface area contributed by atoms with Crippen LogP contribution in [-0.2, 0) is 11.3 Å². The molecule has 1 aromatic heterocycles. The van der Waals surface area contributed by atoms with Crippen LogP contribution in [0.4, 0.5) is 0 Å². The number of aromatic nitrogens is 2. The third-order valence-corrected chi connectivity index (χ3v) is 3.24. The number of carbonyl (C=O) groups excluding carboxylic acids is 1. The van der Waals surface area contributed by atoms with E-state index in [1.165, 1.54) is 0 Å². The summed E-state index contributed by atoms with van der Waals surface area (Å²) in [6.45, 7) is 3.09. The summed E-state index contributed by atoms with van der Waals surface area (Å²) in [6, 6.07) is 5.79. The quantitative estimate of drug-likeness (QED) is 0.825. The summed E-state index contributed by atoms with van der Waals surface area (Å²) in [6.07, 6.45) is 0.399. The molecule has 19 heavy (non-hydrogen) atoms. The number of para-hydroxylation sites is 1. The van der Waals surface area contributed by atoms with Crippen molar-refractivity contribution in [1.82, 2.24) is 14.9 Å². The Kier molecular flexibility index (Phi) is 4.21. The molecule has 0 atom stereocenters. The third kappa shape index (κ3) is 2.78. The molecule has 0 saturated heterocycles. The Morgan fingerprint density at radius 1 is 1.53 bits per heavy atom. The Hall–Kier alpha value is -1.82. The molecule has 1 aromatic carbocycles. The minimum absolute atomic E-state index is 0.00258. The lowest BCUT2D eigenvalue weighted by molar-refractivity contribution is -0.120. The van der Waals surface area contributed by atoms with Gasteiger partial charge in [-0.25, -0.2) is 0 Å². The molecule has 2 aromatic rings. The fourth-order valence-electron chi connectivity index (χ4n) is 1.99. The van der Waals surface area contributed by atoms with Crippen LogP contribution in [0.3, 0.4) is 0 Å². The predicted octanol–water partition coefficient (Wildman–Crippen LogP) is 2.23. The van der Waals surface area contributed by atoms with E-state index in [0.29, 0.717) is 24.3 Å². The number of imidazole rings is 1. The molecule has 102 valence electrons. The van der Waals surface area contributed by atoms with Gasteiger partial charge in [0.05, 0.1) is 12.1 Å². The van der Waals surface area contributed by atoms with Crippen LogP contribution in [0.5, 0.6) is 5.75 Å². The van der Waals surface area contributed by atoms with Crippen molar-refractivity contribution in [1.29, 1.82) is 0 Å². The van der Waals surface area contributed by atoms with Crippen molar-refractivity contribution in [2.75, 3.05) is 13.7 Å². The Bertz CT molecular complexity index is 645. The Labute approximate surface area is 116 Å². The molecular formula is C13H17N3O2S. The van der Waals surface area contributed by atoms with Crippen LogP contribution in [0.1, 0.15) is 13.3 Å². The van der Waals surface area contributed by atoms with Crippen LogP contribution < -0.4 is 10.1 Å². The number of carbonyl (C=O) groups is 1. The van der Waals surface area contributed by atoms with Crippen LogP contribution in [0, 0.1) is 4.77 Å². The van der Waals surface area contributed by atoms with Crippen molar-refractivity contribution in [3.63, 3.8) is 0 Å². The number of nitrogens with one attached hydrogen (secondary N) is 2. The molecule has 0 unspecified atom stereocenters. The number of aryl methyl sites for hydroxylation is 1. The lowest BCUT2D eigenvalue weighted by Crippen LogP contribution is -2.19. The maximum Gasteiger partial charge on any atom is 0.221 e. The van der Waals surface area contributed by atoms with Gasteiger partial charge in [0, 0.05) is 20.0 Å². The monoisotopic (exact) mass is 279 g/mol. The van der Waals surface area contributed by atoms with E-state index in [-0.39, 0.29) is 5.91 Å². The number of H-pyrrole nitrogens is 1. The lowest BCUT2D eigenvalue weighted by atomic mass is 10.3. The predicted molar refractivity (Wildman–Crippen MR) is 77.0 cm³/mol. The van der Waals surface area contributed by atoms with E-state index in [1.807, 2.05) is 29.7 Å². The van der Waals surface area contributed by atoms with Crippen LogP contribution in [0.2, 0.25) is 0 Å². The molecule has 6 heteroatoms. The van der Waals surface area contributed by atoms with Gasteiger partial charge in [-0.2, -0.15) is 0 Å². The third-order valence-electron chi connectivity index (χ3n) is 2.91. The topological polar surface area (TPSA) is 59.0 Å². The molecule has 0 aliphatic rings. The molecular weight excluding hydrogens is 262 g/mol. The summed E-state index contributed by atoms with van der Waals surface area (Å²) in [7, 11) is 1.63. The van der Waals surface area contributed by atoms with E-state index in [2.05, 4.69) is 10.3 Å². The van der Waals surface area contributed by atoms with Crippen LogP contribution in [0.15, 0.2) is 18.2 Å². The maximum atomic E-state index is 11.3. The molecule has 0 radical (unpaired) electrons. The van der Waals surface area contributed by atoms with Crippen molar-refractivity contribution >= 4 is 29.2 Å². The van der Waals surface area contributed by atoms with Crippen molar-refractivity contribution in [2.45, 2.75) is 19.9 Å². The SMILES string of the molecule is CCOc1cccc2c1[nH]c(=S)n2CCC(=O)NC. The summed E-state index contributed by atoms with van der Waals surface area (Å²) in [5, 5.41) is 2.61. The fourth-order valence-corrected chi connectivity index (χ4v) is 2.28. The van der Waals surface area contributed by atoms with E-state index < -0.39 is 0 Å². The van der Waals surface area contributed by atoms with Crippen molar-refractivity contribution in [3.8, 4) is 5.75 Å². The Morgan fingerprint density at radius 2 is 2.32 bits per heavy atom. The Morgan fingerprint density at radius 3 is 3.00 bits per heavy atom. The van der Waals surface area contributed by atoms with Gasteiger partial charge in [-0.1, -0.05) is 6.07 Å². The fraction of sp³-hybridized carbons (Fsp3) is 0.385. The highest BCUT2D eigenvalue weighted by molar-refractivity contribution is 7.71. The number of amides is 1. The van der Waals surface area contributed by atoms with Crippen molar-refractivity contribution < 1.29 is 9.53 Å². The van der Waals surface area contributed by atoms with E-state index in [0.717, 1.165) is 16.8 Å². The van der Waals surface area contributed by atoms with Crippen molar-refractivity contribution in [2.24, 2.45) is 0 Å². The molecule has 1 heterocycles. The standard InChI is InChI=1S/C13H17N3O2S/c1-3-18-10-6-4-5-9-12(10)15-13(19)16(9)8-7-11(17)14-2/h4-6H,3,7-8H2,1-2H3,(H,14,17)(H,15,19). The zero-order valence-electron chi connectivity index (χ0n) is 11.0. The lowest BCUT2D eigenvalue weighted by Gasteiger charge is -2.06. The van der Waals surface area contributed by atoms with Gasteiger partial charge >= 0.3 is 0 Å². The molecule has 2 rings (SSSR count). The second-order valence-electron chi connectivity index (χ2n) is 4.09. The smallest absolute Gasteiger partial charge is 0.221 e. The van der Waals surface area contributed by atoms with E-state index in [4.69, 9.17) is 17.0 Å². The second-order valence-corrected chi connectivity index (χ2v) is 4.47. The summed E-state index contributed by atoms with van der Waals surface area (Å²) >= 11 is 5.31. The van der Waals surface area contributed by atoms with Gasteiger partial charge < -0.3 is 19.6 Å². The maximum absolute atomic E-state index is 11.3. The largest absolute Gasteiger partial charge is 0.492 e. The summed E-state index contributed by atoms with van der Waals surface area (Å²) in [5.41, 5.74) is 1.84. The molecule has 2 N–H and O–H groups in total. The van der Waals surface area contributed by atoms with Gasteiger partial charge in [0.25, 0.3) is 0 Å². The molecule has 0 aliphatic heterocycles. The summed E-state index contributed by atoms with van der Waals surface area (Å²) in [5.74, 6) is 0.780.